The number of aromatic nitrogens is 1. The number of nitrogen functional groups attached to an aromatic ring is 1. The molecular weight excluding hydrogens is 236 g/mol. The van der Waals surface area contributed by atoms with E-state index in [2.05, 4.69) is 11.1 Å². The maximum Gasteiger partial charge on any atom is 0.252 e. The average Bonchev–Trinajstić information content (AvgIpc) is 2.84. The van der Waals surface area contributed by atoms with E-state index in [0.717, 1.165) is 16.1 Å². The van der Waals surface area contributed by atoms with Crippen molar-refractivity contribution in [2.24, 2.45) is 5.73 Å². The zero-order valence-electron chi connectivity index (χ0n) is 8.86. The minimum Gasteiger partial charge on any atom is -0.385 e. The lowest BCUT2D eigenvalue weighted by atomic mass is 10.1. The Morgan fingerprint density at radius 3 is 2.94 bits per heavy atom. The summed E-state index contributed by atoms with van der Waals surface area (Å²) in [6.45, 7) is 0. The third-order valence-corrected chi connectivity index (χ3v) is 3.36. The van der Waals surface area contributed by atoms with E-state index in [4.69, 9.17) is 16.7 Å². The number of anilines is 1. The Kier molecular flexibility index (Phi) is 2.85. The largest absolute Gasteiger partial charge is 0.385 e. The number of rotatable bonds is 3. The Bertz CT molecular complexity index is 605. The second kappa shape index (κ2) is 4.31. The Morgan fingerprint density at radius 1 is 1.59 bits per heavy atom. The molecule has 0 radical (unpaired) electrons. The molecule has 2 rings (SSSR count). The Morgan fingerprint density at radius 2 is 2.35 bits per heavy atom. The topological polar surface area (TPSA) is 109 Å². The zero-order chi connectivity index (χ0) is 12.4. The predicted molar refractivity (Wildman–Crippen MR) is 66.4 cm³/mol. The second-order valence-corrected chi connectivity index (χ2v) is 4.40. The van der Waals surface area contributed by atoms with Crippen molar-refractivity contribution in [2.75, 3.05) is 5.73 Å². The van der Waals surface area contributed by atoms with E-state index in [9.17, 15) is 4.79 Å². The lowest BCUT2D eigenvalue weighted by molar-refractivity contribution is 0.100. The van der Waals surface area contributed by atoms with Gasteiger partial charge < -0.3 is 16.5 Å². The number of carbonyl (C=O) groups is 1. The molecule has 0 unspecified atom stereocenters. The fourth-order valence-electron chi connectivity index (χ4n) is 1.59. The minimum atomic E-state index is -0.566. The summed E-state index contributed by atoms with van der Waals surface area (Å²) in [4.78, 5) is 14.9. The maximum atomic E-state index is 11.1. The molecule has 0 aliphatic rings. The SMILES string of the molecule is N#CCc1ccsc1-c1cc(C(N)=O)c(N)[nH]1. The number of hydrogen-bond acceptors (Lipinski definition) is 4. The van der Waals surface area contributed by atoms with Gasteiger partial charge in [-0.05, 0) is 23.1 Å². The number of carbonyl (C=O) groups excluding carboxylic acids is 1. The summed E-state index contributed by atoms with van der Waals surface area (Å²) >= 11 is 1.49. The molecule has 0 atom stereocenters. The van der Waals surface area contributed by atoms with Gasteiger partial charge in [-0.3, -0.25) is 4.79 Å². The number of nitrogens with one attached hydrogen (secondary N) is 1. The van der Waals surface area contributed by atoms with Gasteiger partial charge in [0.25, 0.3) is 5.91 Å². The van der Waals surface area contributed by atoms with Gasteiger partial charge in [0.1, 0.15) is 5.82 Å². The van der Waals surface area contributed by atoms with Crippen LogP contribution in [0.1, 0.15) is 15.9 Å². The Labute approximate surface area is 102 Å². The summed E-state index contributed by atoms with van der Waals surface area (Å²) in [6, 6.07) is 5.59. The van der Waals surface area contributed by atoms with Crippen LogP contribution in [0.2, 0.25) is 0 Å². The first-order valence-corrected chi connectivity index (χ1v) is 5.73. The molecule has 0 fully saturated rings. The van der Waals surface area contributed by atoms with Gasteiger partial charge in [0, 0.05) is 0 Å². The van der Waals surface area contributed by atoms with Crippen LogP contribution in [0, 0.1) is 11.3 Å². The first kappa shape index (κ1) is 11.2. The van der Waals surface area contributed by atoms with Crippen molar-refractivity contribution in [3.8, 4) is 16.6 Å². The first-order chi connectivity index (χ1) is 8.13. The highest BCUT2D eigenvalue weighted by atomic mass is 32.1. The van der Waals surface area contributed by atoms with Crippen LogP contribution in [0.4, 0.5) is 5.82 Å². The fraction of sp³-hybridized carbons (Fsp3) is 0.0909. The number of hydrogen-bond donors (Lipinski definition) is 3. The van der Waals surface area contributed by atoms with Crippen molar-refractivity contribution in [3.05, 3.63) is 28.6 Å². The van der Waals surface area contributed by atoms with Crippen LogP contribution in [-0.4, -0.2) is 10.9 Å². The van der Waals surface area contributed by atoms with Crippen molar-refractivity contribution >= 4 is 23.1 Å². The van der Waals surface area contributed by atoms with Crippen LogP contribution in [-0.2, 0) is 6.42 Å². The maximum absolute atomic E-state index is 11.1. The lowest BCUT2D eigenvalue weighted by Gasteiger charge is -1.96. The molecule has 2 aromatic rings. The van der Waals surface area contributed by atoms with Gasteiger partial charge in [-0.1, -0.05) is 0 Å². The summed E-state index contributed by atoms with van der Waals surface area (Å²) in [5.74, 6) is -0.313. The van der Waals surface area contributed by atoms with Gasteiger partial charge in [0.2, 0.25) is 0 Å². The van der Waals surface area contributed by atoms with Gasteiger partial charge in [-0.25, -0.2) is 0 Å². The molecule has 2 heterocycles. The van der Waals surface area contributed by atoms with E-state index < -0.39 is 5.91 Å². The molecule has 86 valence electrons. The number of H-pyrrole nitrogens is 1. The Hall–Kier alpha value is -2.26. The lowest BCUT2D eigenvalue weighted by Crippen LogP contribution is -2.11. The monoisotopic (exact) mass is 246 g/mol. The van der Waals surface area contributed by atoms with Gasteiger partial charge in [-0.15, -0.1) is 11.3 Å². The summed E-state index contributed by atoms with van der Waals surface area (Å²) in [7, 11) is 0. The normalized spacial score (nSPS) is 10.1. The number of nitrogens with two attached hydrogens (primary N) is 2. The molecule has 0 saturated heterocycles. The predicted octanol–water partition coefficient (Wildman–Crippen LogP) is 1.49. The van der Waals surface area contributed by atoms with Crippen molar-refractivity contribution in [1.82, 2.24) is 4.98 Å². The van der Waals surface area contributed by atoms with Crippen LogP contribution in [0.15, 0.2) is 17.5 Å². The third kappa shape index (κ3) is 2.00. The van der Waals surface area contributed by atoms with Crippen molar-refractivity contribution in [2.45, 2.75) is 6.42 Å². The molecule has 0 aliphatic heterocycles. The molecule has 0 spiro atoms. The smallest absolute Gasteiger partial charge is 0.252 e. The van der Waals surface area contributed by atoms with Crippen LogP contribution in [0.3, 0.4) is 0 Å². The molecule has 5 N–H and O–H groups in total. The molecule has 2 aromatic heterocycles. The van der Waals surface area contributed by atoms with E-state index in [-0.39, 0.29) is 11.4 Å². The highest BCUT2D eigenvalue weighted by molar-refractivity contribution is 7.13. The van der Waals surface area contributed by atoms with E-state index in [1.54, 1.807) is 6.07 Å². The highest BCUT2D eigenvalue weighted by Gasteiger charge is 2.14. The quantitative estimate of drug-likeness (QED) is 0.763. The number of nitriles is 1. The van der Waals surface area contributed by atoms with Crippen molar-refractivity contribution in [3.63, 3.8) is 0 Å². The first-order valence-electron chi connectivity index (χ1n) is 4.85. The average molecular weight is 246 g/mol. The van der Waals surface area contributed by atoms with Crippen LogP contribution in [0.5, 0.6) is 0 Å². The van der Waals surface area contributed by atoms with E-state index in [1.807, 2.05) is 11.4 Å². The second-order valence-electron chi connectivity index (χ2n) is 3.48. The number of nitrogens with zero attached hydrogens (tertiary/aromatic N) is 1. The molecular formula is C11H10N4OS. The molecule has 0 saturated carbocycles. The standard InChI is InChI=1S/C11H10N4OS/c12-3-1-6-2-4-17-9(6)8-5-7(11(14)16)10(13)15-8/h2,4-5,15H,1,13H2,(H2,14,16). The summed E-state index contributed by atoms with van der Waals surface area (Å²) in [5.41, 5.74) is 12.8. The molecule has 1 amide bonds. The van der Waals surface area contributed by atoms with Gasteiger partial charge in [0.15, 0.2) is 0 Å². The van der Waals surface area contributed by atoms with Crippen LogP contribution < -0.4 is 11.5 Å². The molecule has 0 aliphatic carbocycles. The van der Waals surface area contributed by atoms with E-state index >= 15 is 0 Å². The van der Waals surface area contributed by atoms with Gasteiger partial charge in [-0.2, -0.15) is 5.26 Å². The van der Waals surface area contributed by atoms with E-state index in [0.29, 0.717) is 6.42 Å². The number of aromatic amines is 1. The molecule has 0 aromatic carbocycles. The van der Waals surface area contributed by atoms with Gasteiger partial charge in [0.05, 0.1) is 28.6 Å². The number of primary amides is 1. The molecule has 6 heteroatoms. The van der Waals surface area contributed by atoms with Crippen LogP contribution >= 0.6 is 11.3 Å². The fourth-order valence-corrected chi connectivity index (χ4v) is 2.49. The van der Waals surface area contributed by atoms with E-state index in [1.165, 1.54) is 11.3 Å². The van der Waals surface area contributed by atoms with Crippen molar-refractivity contribution in [1.29, 1.82) is 5.26 Å². The molecule has 17 heavy (non-hydrogen) atoms. The summed E-state index contributed by atoms with van der Waals surface area (Å²) < 4.78 is 0. The van der Waals surface area contributed by atoms with Gasteiger partial charge >= 0.3 is 0 Å². The summed E-state index contributed by atoms with van der Waals surface area (Å²) in [5, 5.41) is 10.6. The van der Waals surface area contributed by atoms with Crippen LogP contribution in [0.25, 0.3) is 10.6 Å². The highest BCUT2D eigenvalue weighted by Crippen LogP contribution is 2.31. The number of thiophene rings is 1. The van der Waals surface area contributed by atoms with Crippen molar-refractivity contribution < 1.29 is 4.79 Å². The summed E-state index contributed by atoms with van der Waals surface area (Å²) in [6.07, 6.45) is 0.323. The third-order valence-electron chi connectivity index (χ3n) is 2.37. The molecule has 0 bridgehead atoms. The minimum absolute atomic E-state index is 0.254. The number of amides is 1. The Balaban J connectivity index is 2.47. The zero-order valence-corrected chi connectivity index (χ0v) is 9.67. The molecule has 5 nitrogen and oxygen atoms in total.